The normalized spacial score (nSPS) is 11.9. The van der Waals surface area contributed by atoms with Crippen LogP contribution in [0.2, 0.25) is 0 Å². The van der Waals surface area contributed by atoms with E-state index in [1.807, 2.05) is 13.8 Å². The Balaban J connectivity index is 4.22. The smallest absolute Gasteiger partial charge is 0.326 e. The van der Waals surface area contributed by atoms with Crippen LogP contribution >= 0.6 is 0 Å². The van der Waals surface area contributed by atoms with Crippen LogP contribution in [0.4, 0.5) is 4.79 Å². The third-order valence-corrected chi connectivity index (χ3v) is 2.81. The Bertz CT molecular complexity index is 315. The number of aliphatic carboxylic acids is 2. The first-order chi connectivity index (χ1) is 8.90. The predicted octanol–water partition coefficient (Wildman–Crippen LogP) is 1.18. The Morgan fingerprint density at radius 2 is 1.63 bits per heavy atom. The van der Waals surface area contributed by atoms with Gasteiger partial charge in [-0.05, 0) is 25.7 Å². The van der Waals surface area contributed by atoms with Gasteiger partial charge in [-0.25, -0.2) is 9.59 Å². The monoisotopic (exact) mass is 274 g/mol. The summed E-state index contributed by atoms with van der Waals surface area (Å²) >= 11 is 0. The van der Waals surface area contributed by atoms with E-state index >= 15 is 0 Å². The van der Waals surface area contributed by atoms with Gasteiger partial charge < -0.3 is 20.8 Å². The molecule has 19 heavy (non-hydrogen) atoms. The van der Waals surface area contributed by atoms with E-state index in [4.69, 9.17) is 10.2 Å². The minimum Gasteiger partial charge on any atom is -0.481 e. The van der Waals surface area contributed by atoms with Crippen molar-refractivity contribution in [3.63, 3.8) is 0 Å². The fourth-order valence-corrected chi connectivity index (χ4v) is 1.59. The molecular formula is C12H22N2O5. The molecule has 0 rings (SSSR count). The Labute approximate surface area is 112 Å². The van der Waals surface area contributed by atoms with Crippen LogP contribution in [-0.2, 0) is 9.59 Å². The van der Waals surface area contributed by atoms with E-state index in [0.29, 0.717) is 0 Å². The molecule has 0 aliphatic heterocycles. The third kappa shape index (κ3) is 8.01. The van der Waals surface area contributed by atoms with Crippen LogP contribution in [0.25, 0.3) is 0 Å². The van der Waals surface area contributed by atoms with Gasteiger partial charge in [-0.1, -0.05) is 13.8 Å². The summed E-state index contributed by atoms with van der Waals surface area (Å²) in [7, 11) is 0. The highest BCUT2D eigenvalue weighted by Crippen LogP contribution is 2.02. The zero-order chi connectivity index (χ0) is 14.8. The number of nitrogens with one attached hydrogen (secondary N) is 2. The van der Waals surface area contributed by atoms with Crippen LogP contribution < -0.4 is 10.6 Å². The van der Waals surface area contributed by atoms with Gasteiger partial charge in [-0.3, -0.25) is 4.79 Å². The van der Waals surface area contributed by atoms with Crippen LogP contribution in [-0.4, -0.2) is 40.3 Å². The van der Waals surface area contributed by atoms with Gasteiger partial charge in [-0.15, -0.1) is 0 Å². The molecule has 0 saturated carbocycles. The molecule has 0 bridgehead atoms. The van der Waals surface area contributed by atoms with E-state index in [1.54, 1.807) is 0 Å². The topological polar surface area (TPSA) is 116 Å². The number of rotatable bonds is 9. The van der Waals surface area contributed by atoms with Crippen LogP contribution in [0, 0.1) is 0 Å². The third-order valence-electron chi connectivity index (χ3n) is 2.81. The summed E-state index contributed by atoms with van der Waals surface area (Å²) in [4.78, 5) is 32.9. The summed E-state index contributed by atoms with van der Waals surface area (Å²) in [5.74, 6) is -2.14. The number of hydrogen-bond acceptors (Lipinski definition) is 3. The summed E-state index contributed by atoms with van der Waals surface area (Å²) < 4.78 is 0. The molecular weight excluding hydrogens is 252 g/mol. The highest BCUT2D eigenvalue weighted by molar-refractivity contribution is 5.82. The lowest BCUT2D eigenvalue weighted by Crippen LogP contribution is -2.48. The fraction of sp³-hybridized carbons (Fsp3) is 0.750. The van der Waals surface area contributed by atoms with Gasteiger partial charge in [-0.2, -0.15) is 0 Å². The number of carbonyl (C=O) groups is 3. The number of carbonyl (C=O) groups excluding carboxylic acids is 1. The van der Waals surface area contributed by atoms with E-state index in [1.165, 1.54) is 0 Å². The van der Waals surface area contributed by atoms with Crippen molar-refractivity contribution in [3.8, 4) is 0 Å². The number of carboxylic acid groups (broad SMARTS) is 2. The molecule has 4 N–H and O–H groups in total. The lowest BCUT2D eigenvalue weighted by atomic mass is 10.1. The summed E-state index contributed by atoms with van der Waals surface area (Å²) in [5, 5.41) is 22.4. The van der Waals surface area contributed by atoms with E-state index in [9.17, 15) is 14.4 Å². The maximum absolute atomic E-state index is 11.6. The van der Waals surface area contributed by atoms with Crippen molar-refractivity contribution in [1.82, 2.24) is 10.6 Å². The van der Waals surface area contributed by atoms with Crippen molar-refractivity contribution >= 4 is 18.0 Å². The van der Waals surface area contributed by atoms with Crippen LogP contribution in [0.1, 0.15) is 46.0 Å². The first-order valence-electron chi connectivity index (χ1n) is 6.42. The maximum atomic E-state index is 11.6. The van der Waals surface area contributed by atoms with Crippen molar-refractivity contribution < 1.29 is 24.6 Å². The fourth-order valence-electron chi connectivity index (χ4n) is 1.59. The van der Waals surface area contributed by atoms with E-state index in [2.05, 4.69) is 10.6 Å². The molecule has 0 heterocycles. The lowest BCUT2D eigenvalue weighted by molar-refractivity contribution is -0.140. The average molecular weight is 274 g/mol. The van der Waals surface area contributed by atoms with Gasteiger partial charge in [0.25, 0.3) is 0 Å². The van der Waals surface area contributed by atoms with Gasteiger partial charge in [0.15, 0.2) is 0 Å². The van der Waals surface area contributed by atoms with E-state index in [-0.39, 0.29) is 25.3 Å². The first kappa shape index (κ1) is 17.2. The molecule has 0 aliphatic rings. The second-order valence-corrected chi connectivity index (χ2v) is 4.31. The number of amides is 2. The summed E-state index contributed by atoms with van der Waals surface area (Å²) in [6.45, 7) is 3.85. The predicted molar refractivity (Wildman–Crippen MR) is 68.9 cm³/mol. The lowest BCUT2D eigenvalue weighted by Gasteiger charge is -2.18. The van der Waals surface area contributed by atoms with Crippen LogP contribution in [0.3, 0.4) is 0 Å². The molecule has 7 heteroatoms. The quantitative estimate of drug-likeness (QED) is 0.504. The number of carboxylic acids is 2. The molecule has 0 aromatic carbocycles. The highest BCUT2D eigenvalue weighted by Gasteiger charge is 2.20. The second-order valence-electron chi connectivity index (χ2n) is 4.31. The molecule has 0 saturated heterocycles. The number of hydrogen-bond donors (Lipinski definition) is 4. The zero-order valence-electron chi connectivity index (χ0n) is 11.3. The van der Waals surface area contributed by atoms with Gasteiger partial charge >= 0.3 is 18.0 Å². The van der Waals surface area contributed by atoms with Crippen LogP contribution in [0.15, 0.2) is 0 Å². The van der Waals surface area contributed by atoms with E-state index in [0.717, 1.165) is 12.8 Å². The Morgan fingerprint density at radius 3 is 2.05 bits per heavy atom. The molecule has 110 valence electrons. The molecule has 7 nitrogen and oxygen atoms in total. The molecule has 0 fully saturated rings. The minimum atomic E-state index is -1.16. The average Bonchev–Trinajstić information content (AvgIpc) is 2.34. The maximum Gasteiger partial charge on any atom is 0.326 e. The van der Waals surface area contributed by atoms with Gasteiger partial charge in [0, 0.05) is 12.5 Å². The Kier molecular flexibility index (Phi) is 8.32. The van der Waals surface area contributed by atoms with Crippen molar-refractivity contribution in [2.45, 2.75) is 58.0 Å². The SMILES string of the molecule is CCC(CC)NC(=O)N[C@H](CCCC(=O)O)C(=O)O. The minimum absolute atomic E-state index is 0.00784. The van der Waals surface area contributed by atoms with Crippen molar-refractivity contribution in [2.24, 2.45) is 0 Å². The first-order valence-corrected chi connectivity index (χ1v) is 6.42. The Hall–Kier alpha value is -1.79. The van der Waals surface area contributed by atoms with Crippen molar-refractivity contribution in [1.29, 1.82) is 0 Å². The summed E-state index contributed by atoms with van der Waals surface area (Å²) in [6, 6.07) is -1.58. The molecule has 0 unspecified atom stereocenters. The second kappa shape index (κ2) is 9.18. The number of urea groups is 1. The molecule has 1 atom stereocenters. The molecule has 0 aromatic rings. The van der Waals surface area contributed by atoms with Gasteiger partial charge in [0.05, 0.1) is 0 Å². The van der Waals surface area contributed by atoms with E-state index < -0.39 is 24.0 Å². The summed E-state index contributed by atoms with van der Waals surface area (Å²) in [5.41, 5.74) is 0. The molecule has 0 radical (unpaired) electrons. The van der Waals surface area contributed by atoms with Gasteiger partial charge in [0.1, 0.15) is 6.04 Å². The standard InChI is InChI=1S/C12H22N2O5/c1-3-8(4-2)13-12(19)14-9(11(17)18)6-5-7-10(15)16/h8-9H,3-7H2,1-2H3,(H,15,16)(H,17,18)(H2,13,14,19)/t9-/m1/s1. The largest absolute Gasteiger partial charge is 0.481 e. The van der Waals surface area contributed by atoms with Crippen molar-refractivity contribution in [3.05, 3.63) is 0 Å². The summed E-state index contributed by atoms with van der Waals surface area (Å²) in [6.07, 6.45) is 1.72. The highest BCUT2D eigenvalue weighted by atomic mass is 16.4. The zero-order valence-corrected chi connectivity index (χ0v) is 11.3. The van der Waals surface area contributed by atoms with Crippen molar-refractivity contribution in [2.75, 3.05) is 0 Å². The molecule has 2 amide bonds. The van der Waals surface area contributed by atoms with Crippen LogP contribution in [0.5, 0.6) is 0 Å². The molecule has 0 aromatic heterocycles. The molecule has 0 aliphatic carbocycles. The van der Waals surface area contributed by atoms with Gasteiger partial charge in [0.2, 0.25) is 0 Å². The Morgan fingerprint density at radius 1 is 1.05 bits per heavy atom. The molecule has 0 spiro atoms.